The summed E-state index contributed by atoms with van der Waals surface area (Å²) in [5.41, 5.74) is 2.43. The summed E-state index contributed by atoms with van der Waals surface area (Å²) in [6.45, 7) is 1.75. The molecule has 0 unspecified atom stereocenters. The Hall–Kier alpha value is -3.29. The van der Waals surface area contributed by atoms with Crippen LogP contribution in [0.4, 0.5) is 11.8 Å². The molecule has 2 aromatic rings. The van der Waals surface area contributed by atoms with Gasteiger partial charge in [0.05, 0.1) is 25.7 Å². The van der Waals surface area contributed by atoms with Crippen LogP contribution in [0.1, 0.15) is 55.6 Å². The first kappa shape index (κ1) is 20.6. The van der Waals surface area contributed by atoms with E-state index in [1.165, 1.54) is 6.42 Å². The van der Waals surface area contributed by atoms with Gasteiger partial charge >= 0.3 is 0 Å². The van der Waals surface area contributed by atoms with Crippen molar-refractivity contribution < 1.29 is 14.3 Å². The van der Waals surface area contributed by atoms with E-state index >= 15 is 0 Å². The van der Waals surface area contributed by atoms with Crippen molar-refractivity contribution in [2.75, 3.05) is 37.5 Å². The van der Waals surface area contributed by atoms with Crippen molar-refractivity contribution in [1.82, 2.24) is 9.97 Å². The lowest BCUT2D eigenvalue weighted by Gasteiger charge is -2.34. The summed E-state index contributed by atoms with van der Waals surface area (Å²) in [5.74, 6) is 1.85. The molecule has 168 valence electrons. The van der Waals surface area contributed by atoms with Crippen LogP contribution in [-0.4, -0.2) is 43.1 Å². The Labute approximate surface area is 186 Å². The second-order valence-electron chi connectivity index (χ2n) is 8.53. The van der Waals surface area contributed by atoms with Crippen molar-refractivity contribution >= 4 is 17.5 Å². The number of hydrogen-bond donors (Lipinski definition) is 2. The third-order valence-electron chi connectivity index (χ3n) is 6.65. The van der Waals surface area contributed by atoms with Crippen LogP contribution in [0.15, 0.2) is 34.3 Å². The first-order valence-electron chi connectivity index (χ1n) is 11.2. The first-order chi connectivity index (χ1) is 15.6. The number of methoxy groups -OCH3 is 2. The minimum absolute atomic E-state index is 0.0544. The number of nitrogens with one attached hydrogen (secondary N) is 2. The summed E-state index contributed by atoms with van der Waals surface area (Å²) in [5, 5.41) is 3.34. The van der Waals surface area contributed by atoms with Gasteiger partial charge < -0.3 is 19.7 Å². The summed E-state index contributed by atoms with van der Waals surface area (Å²) in [4.78, 5) is 36.5. The Bertz CT molecular complexity index is 1150. The van der Waals surface area contributed by atoms with E-state index in [-0.39, 0.29) is 11.3 Å². The van der Waals surface area contributed by atoms with Crippen molar-refractivity contribution in [3.8, 4) is 11.5 Å². The monoisotopic (exact) mass is 436 g/mol. The molecule has 1 fully saturated rings. The summed E-state index contributed by atoms with van der Waals surface area (Å²) >= 11 is 0. The molecule has 0 spiro atoms. The summed E-state index contributed by atoms with van der Waals surface area (Å²) < 4.78 is 11.1. The Morgan fingerprint density at radius 2 is 1.84 bits per heavy atom. The van der Waals surface area contributed by atoms with Gasteiger partial charge in [-0.05, 0) is 50.3 Å². The number of Topliss-reactive ketones (excluding diaryl/α,β-unsaturated/α-hetero) is 1. The van der Waals surface area contributed by atoms with Crippen molar-refractivity contribution in [1.29, 1.82) is 0 Å². The molecule has 5 rings (SSSR count). The molecule has 0 bridgehead atoms. The number of benzene rings is 1. The van der Waals surface area contributed by atoms with E-state index in [2.05, 4.69) is 15.2 Å². The highest BCUT2D eigenvalue weighted by Gasteiger charge is 2.39. The predicted molar refractivity (Wildman–Crippen MR) is 122 cm³/mol. The van der Waals surface area contributed by atoms with Crippen molar-refractivity contribution in [2.45, 2.75) is 44.4 Å². The number of allylic oxidation sites excluding steroid dienone is 2. The number of aromatic nitrogens is 2. The second kappa shape index (κ2) is 8.33. The number of ketones is 1. The van der Waals surface area contributed by atoms with Crippen LogP contribution < -0.4 is 25.2 Å². The number of rotatable bonds is 4. The molecule has 0 saturated carbocycles. The Balaban J connectivity index is 1.71. The van der Waals surface area contributed by atoms with Crippen LogP contribution >= 0.6 is 0 Å². The van der Waals surface area contributed by atoms with Crippen LogP contribution in [-0.2, 0) is 4.79 Å². The highest BCUT2D eigenvalue weighted by Crippen LogP contribution is 2.46. The molecule has 8 nitrogen and oxygen atoms in total. The maximum Gasteiger partial charge on any atom is 0.258 e. The number of ether oxygens (including phenoxy) is 2. The molecule has 0 amide bonds. The van der Waals surface area contributed by atoms with E-state index in [0.717, 1.165) is 50.0 Å². The number of H-pyrrole nitrogens is 1. The zero-order valence-electron chi connectivity index (χ0n) is 18.5. The zero-order valence-corrected chi connectivity index (χ0v) is 18.5. The zero-order chi connectivity index (χ0) is 22.2. The number of hydrogen-bond acceptors (Lipinski definition) is 7. The number of piperidine rings is 1. The summed E-state index contributed by atoms with van der Waals surface area (Å²) in [6, 6.07) is 5.47. The van der Waals surface area contributed by atoms with Gasteiger partial charge in [0, 0.05) is 36.3 Å². The fourth-order valence-corrected chi connectivity index (χ4v) is 5.08. The molecular weight excluding hydrogens is 408 g/mol. The van der Waals surface area contributed by atoms with E-state index in [1.54, 1.807) is 14.2 Å². The lowest BCUT2D eigenvalue weighted by Crippen LogP contribution is -2.36. The molecule has 2 aliphatic heterocycles. The SMILES string of the molecule is COc1ccc(OC)c([C@@H]2C3=C(CCCC3=O)Nc3nc(N4CCCCC4)[nH]c(=O)c32)c1. The third-order valence-corrected chi connectivity index (χ3v) is 6.65. The topological polar surface area (TPSA) is 96.6 Å². The Morgan fingerprint density at radius 1 is 1.03 bits per heavy atom. The molecule has 3 heterocycles. The van der Waals surface area contributed by atoms with E-state index in [9.17, 15) is 9.59 Å². The van der Waals surface area contributed by atoms with Gasteiger partial charge in [0.15, 0.2) is 5.78 Å². The lowest BCUT2D eigenvalue weighted by molar-refractivity contribution is -0.116. The number of carbonyl (C=O) groups is 1. The van der Waals surface area contributed by atoms with Crippen LogP contribution in [0.25, 0.3) is 0 Å². The van der Waals surface area contributed by atoms with Crippen LogP contribution in [0, 0.1) is 0 Å². The highest BCUT2D eigenvalue weighted by atomic mass is 16.5. The molecule has 3 aliphatic rings. The quantitative estimate of drug-likeness (QED) is 0.759. The maximum absolute atomic E-state index is 13.5. The molecule has 0 radical (unpaired) electrons. The van der Waals surface area contributed by atoms with Gasteiger partial charge in [-0.2, -0.15) is 4.98 Å². The van der Waals surface area contributed by atoms with Gasteiger partial charge in [0.2, 0.25) is 5.95 Å². The van der Waals surface area contributed by atoms with Gasteiger partial charge in [-0.25, -0.2) is 0 Å². The number of fused-ring (bicyclic) bond motifs is 1. The fraction of sp³-hybridized carbons (Fsp3) is 0.458. The van der Waals surface area contributed by atoms with Crippen LogP contribution in [0.3, 0.4) is 0 Å². The molecule has 1 atom stereocenters. The van der Waals surface area contributed by atoms with E-state index in [0.29, 0.717) is 40.8 Å². The average Bonchev–Trinajstić information content (AvgIpc) is 2.83. The molecule has 1 aliphatic carbocycles. The minimum Gasteiger partial charge on any atom is -0.497 e. The normalized spacial score (nSPS) is 20.4. The lowest BCUT2D eigenvalue weighted by atomic mass is 9.76. The largest absolute Gasteiger partial charge is 0.497 e. The molecule has 1 saturated heterocycles. The molecule has 8 heteroatoms. The summed E-state index contributed by atoms with van der Waals surface area (Å²) in [7, 11) is 3.19. The standard InChI is InChI=1S/C24H28N4O4/c1-31-14-9-10-18(32-2)15(13-14)19-20-16(7-6-8-17(20)29)25-22-21(19)23(30)27-24(26-22)28-11-4-3-5-12-28/h9-10,13,19H,3-8,11-12H2,1-2H3,(H2,25,26,27,30)/t19-/m1/s1. The van der Waals surface area contributed by atoms with E-state index in [4.69, 9.17) is 14.5 Å². The van der Waals surface area contributed by atoms with E-state index in [1.807, 2.05) is 18.2 Å². The van der Waals surface area contributed by atoms with Crippen molar-refractivity contribution in [3.05, 3.63) is 50.9 Å². The van der Waals surface area contributed by atoms with Crippen LogP contribution in [0.5, 0.6) is 11.5 Å². The molecule has 2 N–H and O–H groups in total. The van der Waals surface area contributed by atoms with Crippen LogP contribution in [0.2, 0.25) is 0 Å². The summed E-state index contributed by atoms with van der Waals surface area (Å²) in [6.07, 6.45) is 5.36. The Morgan fingerprint density at radius 3 is 2.59 bits per heavy atom. The van der Waals surface area contributed by atoms with E-state index < -0.39 is 5.92 Å². The number of anilines is 2. The van der Waals surface area contributed by atoms with Gasteiger partial charge in [-0.3, -0.25) is 14.6 Å². The molecule has 1 aromatic heterocycles. The first-order valence-corrected chi connectivity index (χ1v) is 11.2. The average molecular weight is 437 g/mol. The maximum atomic E-state index is 13.5. The molecular formula is C24H28N4O4. The van der Waals surface area contributed by atoms with Gasteiger partial charge in [-0.15, -0.1) is 0 Å². The van der Waals surface area contributed by atoms with Crippen molar-refractivity contribution in [3.63, 3.8) is 0 Å². The number of nitrogens with zero attached hydrogens (tertiary/aromatic N) is 2. The van der Waals surface area contributed by atoms with Gasteiger partial charge in [-0.1, -0.05) is 0 Å². The third kappa shape index (κ3) is 3.43. The minimum atomic E-state index is -0.564. The number of aromatic amines is 1. The second-order valence-corrected chi connectivity index (χ2v) is 8.53. The number of carbonyl (C=O) groups excluding carboxylic acids is 1. The fourth-order valence-electron chi connectivity index (χ4n) is 5.08. The Kier molecular flexibility index (Phi) is 5.36. The predicted octanol–water partition coefficient (Wildman–Crippen LogP) is 3.34. The highest BCUT2D eigenvalue weighted by molar-refractivity contribution is 6.01. The molecule has 1 aromatic carbocycles. The smallest absolute Gasteiger partial charge is 0.258 e. The van der Waals surface area contributed by atoms with Crippen molar-refractivity contribution in [2.24, 2.45) is 0 Å². The van der Waals surface area contributed by atoms with Gasteiger partial charge in [0.1, 0.15) is 17.3 Å². The molecule has 32 heavy (non-hydrogen) atoms. The van der Waals surface area contributed by atoms with Gasteiger partial charge in [0.25, 0.3) is 5.56 Å².